The van der Waals surface area contributed by atoms with Crippen LogP contribution in [-0.2, 0) is 0 Å². The molecule has 1 heterocycles. The molecule has 3 heteroatoms. The maximum atomic E-state index is 13.2. The second kappa shape index (κ2) is 5.16. The Balaban J connectivity index is 1.81. The van der Waals surface area contributed by atoms with E-state index in [9.17, 15) is 4.39 Å². The largest absolute Gasteiger partial charge is 0.495 e. The SMILES string of the molecule is COc1cccc2c1N[C@H](c1ccc(F)cc1)[C@@H]1CC=C[C@H]21. The molecule has 0 radical (unpaired) electrons. The number of benzene rings is 2. The molecule has 0 unspecified atom stereocenters. The lowest BCUT2D eigenvalue weighted by Crippen LogP contribution is -2.29. The van der Waals surface area contributed by atoms with Crippen molar-refractivity contribution in [3.63, 3.8) is 0 Å². The maximum Gasteiger partial charge on any atom is 0.142 e. The molecule has 0 bridgehead atoms. The second-order valence-corrected chi connectivity index (χ2v) is 5.95. The molecule has 0 fully saturated rings. The van der Waals surface area contributed by atoms with E-state index >= 15 is 0 Å². The normalized spacial score (nSPS) is 25.3. The van der Waals surface area contributed by atoms with Crippen LogP contribution in [0.15, 0.2) is 54.6 Å². The molecule has 4 rings (SSSR count). The van der Waals surface area contributed by atoms with Crippen LogP contribution in [0.1, 0.15) is 29.5 Å². The minimum absolute atomic E-state index is 0.171. The highest BCUT2D eigenvalue weighted by Crippen LogP contribution is 2.51. The van der Waals surface area contributed by atoms with Gasteiger partial charge in [-0.05, 0) is 41.7 Å². The summed E-state index contributed by atoms with van der Waals surface area (Å²) in [6, 6.07) is 13.2. The van der Waals surface area contributed by atoms with E-state index in [2.05, 4.69) is 23.5 Å². The quantitative estimate of drug-likeness (QED) is 0.814. The summed E-state index contributed by atoms with van der Waals surface area (Å²) in [4.78, 5) is 0. The third-order valence-corrected chi connectivity index (χ3v) is 4.81. The molecule has 0 spiro atoms. The number of halogens is 1. The number of allylic oxidation sites excluding steroid dienone is 2. The number of fused-ring (bicyclic) bond motifs is 3. The van der Waals surface area contributed by atoms with Crippen LogP contribution in [0, 0.1) is 11.7 Å². The van der Waals surface area contributed by atoms with Gasteiger partial charge in [-0.1, -0.05) is 36.4 Å². The predicted molar refractivity (Wildman–Crippen MR) is 85.7 cm³/mol. The number of hydrogen-bond acceptors (Lipinski definition) is 2. The van der Waals surface area contributed by atoms with Crippen LogP contribution in [0.2, 0.25) is 0 Å². The third-order valence-electron chi connectivity index (χ3n) is 4.81. The van der Waals surface area contributed by atoms with E-state index in [4.69, 9.17) is 4.74 Å². The van der Waals surface area contributed by atoms with Crippen molar-refractivity contribution in [1.82, 2.24) is 0 Å². The van der Waals surface area contributed by atoms with Gasteiger partial charge >= 0.3 is 0 Å². The molecule has 22 heavy (non-hydrogen) atoms. The zero-order valence-corrected chi connectivity index (χ0v) is 12.4. The van der Waals surface area contributed by atoms with Crippen LogP contribution >= 0.6 is 0 Å². The van der Waals surface area contributed by atoms with Crippen molar-refractivity contribution in [2.24, 2.45) is 5.92 Å². The van der Waals surface area contributed by atoms with Gasteiger partial charge in [-0.2, -0.15) is 0 Å². The number of anilines is 1. The van der Waals surface area contributed by atoms with Gasteiger partial charge in [0, 0.05) is 5.92 Å². The molecule has 0 saturated heterocycles. The van der Waals surface area contributed by atoms with Crippen LogP contribution in [0.3, 0.4) is 0 Å². The van der Waals surface area contributed by atoms with Crippen LogP contribution in [0.25, 0.3) is 0 Å². The Bertz CT molecular complexity index is 723. The van der Waals surface area contributed by atoms with Gasteiger partial charge in [0.25, 0.3) is 0 Å². The average Bonchev–Trinajstić information content (AvgIpc) is 3.04. The van der Waals surface area contributed by atoms with Crippen LogP contribution in [0.5, 0.6) is 5.75 Å². The first kappa shape index (κ1) is 13.4. The summed E-state index contributed by atoms with van der Waals surface area (Å²) in [5.41, 5.74) is 3.47. The highest BCUT2D eigenvalue weighted by Gasteiger charge is 2.38. The summed E-state index contributed by atoms with van der Waals surface area (Å²) in [5.74, 6) is 1.52. The van der Waals surface area contributed by atoms with Crippen molar-refractivity contribution in [3.05, 3.63) is 71.6 Å². The maximum absolute atomic E-state index is 13.2. The molecule has 1 aliphatic carbocycles. The van der Waals surface area contributed by atoms with Crippen LogP contribution < -0.4 is 10.1 Å². The fraction of sp³-hybridized carbons (Fsp3) is 0.263. The molecule has 1 N–H and O–H groups in total. The summed E-state index contributed by atoms with van der Waals surface area (Å²) in [6.45, 7) is 0. The van der Waals surface area contributed by atoms with Gasteiger partial charge in [-0.25, -0.2) is 4.39 Å². The van der Waals surface area contributed by atoms with Gasteiger partial charge in [0.05, 0.1) is 18.8 Å². The smallest absolute Gasteiger partial charge is 0.142 e. The van der Waals surface area contributed by atoms with Gasteiger partial charge in [-0.3, -0.25) is 0 Å². The molecule has 2 nitrogen and oxygen atoms in total. The highest BCUT2D eigenvalue weighted by atomic mass is 19.1. The Morgan fingerprint density at radius 1 is 1.14 bits per heavy atom. The highest BCUT2D eigenvalue weighted by molar-refractivity contribution is 5.67. The second-order valence-electron chi connectivity index (χ2n) is 5.95. The van der Waals surface area contributed by atoms with E-state index < -0.39 is 0 Å². The molecular formula is C19H18FNO. The van der Waals surface area contributed by atoms with Gasteiger partial charge in [0.2, 0.25) is 0 Å². The number of hydrogen-bond donors (Lipinski definition) is 1. The summed E-state index contributed by atoms with van der Waals surface area (Å²) in [7, 11) is 1.70. The van der Waals surface area contributed by atoms with E-state index in [1.807, 2.05) is 24.3 Å². The molecule has 0 amide bonds. The lowest BCUT2D eigenvalue weighted by Gasteiger charge is -2.38. The van der Waals surface area contributed by atoms with Gasteiger partial charge in [0.1, 0.15) is 11.6 Å². The summed E-state index contributed by atoms with van der Waals surface area (Å²) in [5, 5.41) is 3.64. The fourth-order valence-corrected chi connectivity index (χ4v) is 3.76. The van der Waals surface area contributed by atoms with Crippen molar-refractivity contribution >= 4 is 5.69 Å². The Morgan fingerprint density at radius 3 is 2.73 bits per heavy atom. The number of para-hydroxylation sites is 1. The molecule has 112 valence electrons. The van der Waals surface area contributed by atoms with E-state index in [0.29, 0.717) is 11.8 Å². The van der Waals surface area contributed by atoms with Gasteiger partial charge < -0.3 is 10.1 Å². The topological polar surface area (TPSA) is 21.3 Å². The third kappa shape index (κ3) is 2.00. The molecule has 3 atom stereocenters. The lowest BCUT2D eigenvalue weighted by molar-refractivity contribution is 0.397. The van der Waals surface area contributed by atoms with E-state index in [1.165, 1.54) is 17.7 Å². The Morgan fingerprint density at radius 2 is 1.95 bits per heavy atom. The average molecular weight is 295 g/mol. The molecule has 1 aliphatic heterocycles. The summed E-state index contributed by atoms with van der Waals surface area (Å²) in [6.07, 6.45) is 5.58. The molecule has 2 aromatic carbocycles. The fourth-order valence-electron chi connectivity index (χ4n) is 3.76. The summed E-state index contributed by atoms with van der Waals surface area (Å²) < 4.78 is 18.7. The molecule has 0 aromatic heterocycles. The van der Waals surface area contributed by atoms with Crippen molar-refractivity contribution < 1.29 is 9.13 Å². The van der Waals surface area contributed by atoms with Gasteiger partial charge in [0.15, 0.2) is 0 Å². The Hall–Kier alpha value is -2.29. The molecule has 0 saturated carbocycles. The van der Waals surface area contributed by atoms with E-state index in [0.717, 1.165) is 23.4 Å². The van der Waals surface area contributed by atoms with Crippen molar-refractivity contribution in [1.29, 1.82) is 0 Å². The number of rotatable bonds is 2. The Kier molecular flexibility index (Phi) is 3.14. The zero-order chi connectivity index (χ0) is 15.1. The zero-order valence-electron chi connectivity index (χ0n) is 12.4. The lowest BCUT2D eigenvalue weighted by atomic mass is 9.77. The van der Waals surface area contributed by atoms with Crippen molar-refractivity contribution in [2.45, 2.75) is 18.4 Å². The Labute approximate surface area is 129 Å². The monoisotopic (exact) mass is 295 g/mol. The summed E-state index contributed by atoms with van der Waals surface area (Å²) >= 11 is 0. The van der Waals surface area contributed by atoms with Crippen LogP contribution in [0.4, 0.5) is 10.1 Å². The molecular weight excluding hydrogens is 277 g/mol. The predicted octanol–water partition coefficient (Wildman–Crippen LogP) is 4.66. The van der Waals surface area contributed by atoms with Crippen LogP contribution in [-0.4, -0.2) is 7.11 Å². The minimum atomic E-state index is -0.196. The van der Waals surface area contributed by atoms with Crippen molar-refractivity contribution in [3.8, 4) is 5.75 Å². The molecule has 2 aliphatic rings. The van der Waals surface area contributed by atoms with Crippen molar-refractivity contribution in [2.75, 3.05) is 12.4 Å². The first-order chi connectivity index (χ1) is 10.8. The number of ether oxygens (including phenoxy) is 1. The minimum Gasteiger partial charge on any atom is -0.495 e. The van der Waals surface area contributed by atoms with E-state index in [1.54, 1.807) is 7.11 Å². The standard InChI is InChI=1S/C19H18FNO/c1-22-17-7-3-6-16-14-4-2-5-15(14)18(21-19(16)17)12-8-10-13(20)11-9-12/h2-4,6-11,14-15,18,21H,5H2,1H3/t14-,15+,18+/m0/s1. The first-order valence-electron chi connectivity index (χ1n) is 7.63. The number of nitrogens with one attached hydrogen (secondary N) is 1. The van der Waals surface area contributed by atoms with E-state index in [-0.39, 0.29) is 11.9 Å². The first-order valence-corrected chi connectivity index (χ1v) is 7.63. The molecule has 2 aromatic rings. The number of methoxy groups -OCH3 is 1. The van der Waals surface area contributed by atoms with Gasteiger partial charge in [-0.15, -0.1) is 0 Å².